The van der Waals surface area contributed by atoms with Crippen molar-refractivity contribution in [1.29, 1.82) is 0 Å². The van der Waals surface area contributed by atoms with Gasteiger partial charge in [-0.2, -0.15) is 0 Å². The number of methoxy groups -OCH3 is 1. The summed E-state index contributed by atoms with van der Waals surface area (Å²) in [5.41, 5.74) is 10.6. The average Bonchev–Trinajstić information content (AvgIpc) is 3.35. The van der Waals surface area contributed by atoms with Crippen molar-refractivity contribution >= 4 is 35.0 Å². The number of hydrogen-bond donors (Lipinski definition) is 3. The molecule has 0 spiro atoms. The lowest BCUT2D eigenvalue weighted by Crippen LogP contribution is -2.36. The summed E-state index contributed by atoms with van der Waals surface area (Å²) in [5.74, 6) is -0.353. The van der Waals surface area contributed by atoms with E-state index >= 15 is 0 Å². The molecule has 0 saturated carbocycles. The Bertz CT molecular complexity index is 1220. The maximum Gasteiger partial charge on any atom is 0.248 e. The van der Waals surface area contributed by atoms with Gasteiger partial charge in [0.05, 0.1) is 17.5 Å². The number of hydrogen-bond acceptors (Lipinski definition) is 5. The summed E-state index contributed by atoms with van der Waals surface area (Å²) in [7, 11) is 1.71. The summed E-state index contributed by atoms with van der Waals surface area (Å²) < 4.78 is 5.53. The Labute approximate surface area is 212 Å². The molecule has 4 N–H and O–H groups in total. The van der Waals surface area contributed by atoms with E-state index in [4.69, 9.17) is 10.5 Å². The monoisotopic (exact) mass is 484 g/mol. The molecule has 1 aliphatic heterocycles. The van der Waals surface area contributed by atoms with Gasteiger partial charge in [-0.1, -0.05) is 54.1 Å². The van der Waals surface area contributed by atoms with E-state index in [1.54, 1.807) is 25.3 Å². The molecule has 1 fully saturated rings. The molecule has 0 radical (unpaired) electrons. The minimum absolute atomic E-state index is 0.0845. The maximum atomic E-state index is 13.4. The van der Waals surface area contributed by atoms with Gasteiger partial charge >= 0.3 is 0 Å². The van der Waals surface area contributed by atoms with Gasteiger partial charge in [0.2, 0.25) is 11.8 Å². The Hall–Kier alpha value is -3.94. The third-order valence-electron chi connectivity index (χ3n) is 6.34. The predicted molar refractivity (Wildman–Crippen MR) is 144 cm³/mol. The zero-order valence-electron chi connectivity index (χ0n) is 20.6. The van der Waals surface area contributed by atoms with Crippen molar-refractivity contribution in [2.24, 2.45) is 0 Å². The van der Waals surface area contributed by atoms with E-state index in [1.807, 2.05) is 67.6 Å². The highest BCUT2D eigenvalue weighted by Gasteiger charge is 2.33. The van der Waals surface area contributed by atoms with Crippen molar-refractivity contribution in [2.45, 2.75) is 25.5 Å². The van der Waals surface area contributed by atoms with E-state index in [-0.39, 0.29) is 17.9 Å². The van der Waals surface area contributed by atoms with Crippen LogP contribution >= 0.6 is 0 Å². The molecule has 4 rings (SSSR count). The van der Waals surface area contributed by atoms with Crippen LogP contribution in [0.25, 0.3) is 6.08 Å². The molecule has 186 valence electrons. The van der Waals surface area contributed by atoms with Gasteiger partial charge < -0.3 is 21.1 Å². The quantitative estimate of drug-likeness (QED) is 0.320. The van der Waals surface area contributed by atoms with E-state index < -0.39 is 6.04 Å². The number of para-hydroxylation sites is 2. The number of ether oxygens (including phenoxy) is 1. The van der Waals surface area contributed by atoms with Crippen LogP contribution in [0.5, 0.6) is 0 Å². The highest BCUT2D eigenvalue weighted by molar-refractivity contribution is 6.03. The number of nitrogen functional groups attached to an aromatic ring is 1. The van der Waals surface area contributed by atoms with Crippen molar-refractivity contribution in [2.75, 3.05) is 36.6 Å². The number of aryl methyl sites for hydroxylation is 1. The Morgan fingerprint density at radius 1 is 1.03 bits per heavy atom. The summed E-state index contributed by atoms with van der Waals surface area (Å²) in [6, 6.07) is 22.1. The van der Waals surface area contributed by atoms with E-state index in [0.717, 1.165) is 35.3 Å². The number of carbonyl (C=O) groups excluding carboxylic acids is 2. The summed E-state index contributed by atoms with van der Waals surface area (Å²) >= 11 is 0. The molecule has 36 heavy (non-hydrogen) atoms. The highest BCUT2D eigenvalue weighted by Crippen LogP contribution is 2.28. The zero-order chi connectivity index (χ0) is 25.5. The fourth-order valence-corrected chi connectivity index (χ4v) is 4.30. The summed E-state index contributed by atoms with van der Waals surface area (Å²) in [5, 5.41) is 5.84. The minimum atomic E-state index is -0.450. The second kappa shape index (κ2) is 11.7. The molecule has 1 saturated heterocycles. The number of rotatable bonds is 8. The molecular weight excluding hydrogens is 452 g/mol. The summed E-state index contributed by atoms with van der Waals surface area (Å²) in [6.07, 6.45) is 4.19. The second-order valence-electron chi connectivity index (χ2n) is 8.98. The standard InChI is InChI=1S/C29H32N4O3/c1-20-7-14-23(15-8-20)31-29(35)28(33-18-17-24(19-33)36-2)22-12-9-21(10-13-22)11-16-27(34)32-26-6-4-3-5-25(26)30/h3-16,24,28H,17-19,30H2,1-2H3,(H,31,35)(H,32,34)/b16-11+. The molecule has 2 unspecified atom stereocenters. The van der Waals surface area contributed by atoms with Crippen LogP contribution in [0.4, 0.5) is 17.1 Å². The molecule has 3 aromatic rings. The lowest BCUT2D eigenvalue weighted by Gasteiger charge is -2.27. The van der Waals surface area contributed by atoms with Gasteiger partial charge in [0.25, 0.3) is 0 Å². The summed E-state index contributed by atoms with van der Waals surface area (Å²) in [6.45, 7) is 3.47. The molecule has 0 aromatic heterocycles. The molecule has 1 aliphatic rings. The first-order chi connectivity index (χ1) is 17.4. The fourth-order valence-electron chi connectivity index (χ4n) is 4.30. The Morgan fingerprint density at radius 3 is 2.42 bits per heavy atom. The van der Waals surface area contributed by atoms with Crippen molar-refractivity contribution in [3.05, 3.63) is 95.6 Å². The number of amides is 2. The van der Waals surface area contributed by atoms with Crippen molar-refractivity contribution < 1.29 is 14.3 Å². The van der Waals surface area contributed by atoms with E-state index in [0.29, 0.717) is 17.9 Å². The predicted octanol–water partition coefficient (Wildman–Crippen LogP) is 4.63. The van der Waals surface area contributed by atoms with Crippen LogP contribution in [0.15, 0.2) is 78.9 Å². The maximum absolute atomic E-state index is 13.4. The van der Waals surface area contributed by atoms with Gasteiger partial charge in [-0.15, -0.1) is 0 Å². The van der Waals surface area contributed by atoms with E-state index in [9.17, 15) is 9.59 Å². The first kappa shape index (κ1) is 25.2. The molecule has 7 nitrogen and oxygen atoms in total. The van der Waals surface area contributed by atoms with Crippen LogP contribution in [0.2, 0.25) is 0 Å². The SMILES string of the molecule is COC1CCN(C(C(=O)Nc2ccc(C)cc2)c2ccc(/C=C/C(=O)Nc3ccccc3N)cc2)C1. The van der Waals surface area contributed by atoms with Crippen LogP contribution in [-0.4, -0.2) is 43.0 Å². The number of carbonyl (C=O) groups is 2. The molecule has 0 bridgehead atoms. The van der Waals surface area contributed by atoms with Crippen LogP contribution in [-0.2, 0) is 14.3 Å². The van der Waals surface area contributed by atoms with Gasteiger partial charge in [0.15, 0.2) is 0 Å². The average molecular weight is 485 g/mol. The van der Waals surface area contributed by atoms with Crippen molar-refractivity contribution in [3.8, 4) is 0 Å². The third kappa shape index (κ3) is 6.38. The van der Waals surface area contributed by atoms with Gasteiger partial charge in [-0.05, 0) is 54.8 Å². The lowest BCUT2D eigenvalue weighted by molar-refractivity contribution is -0.121. The number of nitrogens with one attached hydrogen (secondary N) is 2. The number of nitrogens with zero attached hydrogens (tertiary/aromatic N) is 1. The van der Waals surface area contributed by atoms with E-state index in [2.05, 4.69) is 15.5 Å². The van der Waals surface area contributed by atoms with Gasteiger partial charge in [0, 0.05) is 32.0 Å². The van der Waals surface area contributed by atoms with Gasteiger partial charge in [-0.3, -0.25) is 14.5 Å². The second-order valence-corrected chi connectivity index (χ2v) is 8.98. The molecule has 2 amide bonds. The largest absolute Gasteiger partial charge is 0.397 e. The zero-order valence-corrected chi connectivity index (χ0v) is 20.6. The third-order valence-corrected chi connectivity index (χ3v) is 6.34. The lowest BCUT2D eigenvalue weighted by atomic mass is 10.0. The first-order valence-electron chi connectivity index (χ1n) is 12.0. The number of nitrogens with two attached hydrogens (primary N) is 1. The molecule has 3 aromatic carbocycles. The number of benzene rings is 3. The Morgan fingerprint density at radius 2 is 1.75 bits per heavy atom. The smallest absolute Gasteiger partial charge is 0.248 e. The van der Waals surface area contributed by atoms with Crippen LogP contribution in [0.1, 0.15) is 29.2 Å². The van der Waals surface area contributed by atoms with Crippen molar-refractivity contribution in [1.82, 2.24) is 4.90 Å². The molecule has 0 aliphatic carbocycles. The number of likely N-dealkylation sites (tertiary alicyclic amines) is 1. The molecule has 1 heterocycles. The first-order valence-corrected chi connectivity index (χ1v) is 12.0. The molecule has 7 heteroatoms. The number of anilines is 3. The fraction of sp³-hybridized carbons (Fsp3) is 0.241. The Balaban J connectivity index is 1.48. The van der Waals surface area contributed by atoms with Crippen LogP contribution in [0, 0.1) is 6.92 Å². The minimum Gasteiger partial charge on any atom is -0.397 e. The molecular formula is C29H32N4O3. The van der Waals surface area contributed by atoms with Crippen LogP contribution in [0.3, 0.4) is 0 Å². The van der Waals surface area contributed by atoms with Gasteiger partial charge in [-0.25, -0.2) is 0 Å². The van der Waals surface area contributed by atoms with Gasteiger partial charge in [0.1, 0.15) is 6.04 Å². The van der Waals surface area contributed by atoms with Crippen molar-refractivity contribution in [3.63, 3.8) is 0 Å². The topological polar surface area (TPSA) is 96.7 Å². The highest BCUT2D eigenvalue weighted by atomic mass is 16.5. The summed E-state index contributed by atoms with van der Waals surface area (Å²) in [4.78, 5) is 27.9. The normalized spacial score (nSPS) is 16.7. The Kier molecular flexibility index (Phi) is 8.15. The van der Waals surface area contributed by atoms with Crippen LogP contribution < -0.4 is 16.4 Å². The van der Waals surface area contributed by atoms with E-state index in [1.165, 1.54) is 6.08 Å². The molecule has 2 atom stereocenters.